The molecule has 7 nitrogen and oxygen atoms in total. The highest BCUT2D eigenvalue weighted by Gasteiger charge is 2.30. The van der Waals surface area contributed by atoms with Crippen molar-refractivity contribution in [3.8, 4) is 5.75 Å². The van der Waals surface area contributed by atoms with Crippen molar-refractivity contribution in [2.24, 2.45) is 0 Å². The molecule has 0 bridgehead atoms. The summed E-state index contributed by atoms with van der Waals surface area (Å²) in [6, 6.07) is 14.7. The van der Waals surface area contributed by atoms with E-state index in [0.29, 0.717) is 50.6 Å². The first-order valence-electron chi connectivity index (χ1n) is 11.4. The minimum absolute atomic E-state index is 0.142. The molecule has 2 aliphatic heterocycles. The largest absolute Gasteiger partial charge is 0.496 e. The molecule has 0 aliphatic carbocycles. The minimum Gasteiger partial charge on any atom is -0.496 e. The van der Waals surface area contributed by atoms with E-state index >= 15 is 0 Å². The summed E-state index contributed by atoms with van der Waals surface area (Å²) in [5, 5.41) is 0. The second kappa shape index (κ2) is 10.5. The van der Waals surface area contributed by atoms with Gasteiger partial charge in [0, 0.05) is 45.8 Å². The highest BCUT2D eigenvalue weighted by atomic mass is 32.2. The molecule has 0 spiro atoms. The third kappa shape index (κ3) is 5.46. The number of sulfonamides is 1. The molecule has 2 saturated heterocycles. The maximum absolute atomic E-state index is 13.3. The van der Waals surface area contributed by atoms with Crippen molar-refractivity contribution in [3.63, 3.8) is 0 Å². The van der Waals surface area contributed by atoms with Gasteiger partial charge in [-0.15, -0.1) is 0 Å². The standard InChI is InChI=1S/C25H31N3O4S/c1-32-24-12-11-22(20-23(24)25(29)27-14-5-6-15-27)33(30,31)28-18-16-26(17-19-28)13-7-10-21-8-3-2-4-9-21/h2-4,7-12,20H,5-6,13-19H2,1H3. The third-order valence-electron chi connectivity index (χ3n) is 6.24. The van der Waals surface area contributed by atoms with Crippen LogP contribution in [0.1, 0.15) is 28.8 Å². The van der Waals surface area contributed by atoms with Gasteiger partial charge in [-0.05, 0) is 36.6 Å². The van der Waals surface area contributed by atoms with Gasteiger partial charge in [-0.1, -0.05) is 42.5 Å². The second-order valence-electron chi connectivity index (χ2n) is 8.38. The Kier molecular flexibility index (Phi) is 7.47. The molecule has 0 unspecified atom stereocenters. The number of piperazine rings is 1. The first-order valence-corrected chi connectivity index (χ1v) is 12.8. The Hall–Kier alpha value is -2.68. The molecule has 2 aliphatic rings. The van der Waals surface area contributed by atoms with E-state index in [0.717, 1.165) is 24.9 Å². The van der Waals surface area contributed by atoms with Crippen LogP contribution in [0.4, 0.5) is 0 Å². The summed E-state index contributed by atoms with van der Waals surface area (Å²) in [5.74, 6) is 0.234. The zero-order valence-corrected chi connectivity index (χ0v) is 19.8. The molecule has 0 radical (unpaired) electrons. The smallest absolute Gasteiger partial charge is 0.257 e. The second-order valence-corrected chi connectivity index (χ2v) is 10.3. The van der Waals surface area contributed by atoms with Crippen molar-refractivity contribution in [2.75, 3.05) is 52.9 Å². The molecule has 4 rings (SSSR count). The van der Waals surface area contributed by atoms with Gasteiger partial charge in [0.2, 0.25) is 10.0 Å². The summed E-state index contributed by atoms with van der Waals surface area (Å²) in [6.07, 6.45) is 6.13. The Labute approximate surface area is 196 Å². The molecule has 2 aromatic rings. The first-order chi connectivity index (χ1) is 16.0. The highest BCUT2D eigenvalue weighted by Crippen LogP contribution is 2.27. The quantitative estimate of drug-likeness (QED) is 0.624. The average Bonchev–Trinajstić information content (AvgIpc) is 3.39. The number of rotatable bonds is 7. The molecule has 0 atom stereocenters. The number of amides is 1. The number of methoxy groups -OCH3 is 1. The van der Waals surface area contributed by atoms with E-state index in [1.165, 1.54) is 23.5 Å². The fraction of sp³-hybridized carbons (Fsp3) is 0.400. The maximum atomic E-state index is 13.3. The third-order valence-corrected chi connectivity index (χ3v) is 8.13. The zero-order chi connectivity index (χ0) is 23.3. The molecule has 1 amide bonds. The van der Waals surface area contributed by atoms with Crippen molar-refractivity contribution >= 4 is 22.0 Å². The van der Waals surface area contributed by atoms with Crippen molar-refractivity contribution < 1.29 is 17.9 Å². The average molecular weight is 470 g/mol. The topological polar surface area (TPSA) is 70.2 Å². The maximum Gasteiger partial charge on any atom is 0.257 e. The predicted molar refractivity (Wildman–Crippen MR) is 129 cm³/mol. The van der Waals surface area contributed by atoms with Crippen LogP contribution in [0.15, 0.2) is 59.5 Å². The van der Waals surface area contributed by atoms with Gasteiger partial charge >= 0.3 is 0 Å². The van der Waals surface area contributed by atoms with Crippen LogP contribution in [0.25, 0.3) is 6.08 Å². The van der Waals surface area contributed by atoms with Crippen LogP contribution in [0, 0.1) is 0 Å². The number of ether oxygens (including phenoxy) is 1. The number of carbonyl (C=O) groups is 1. The Balaban J connectivity index is 1.41. The molecule has 2 heterocycles. The molecule has 176 valence electrons. The first kappa shape index (κ1) is 23.5. The van der Waals surface area contributed by atoms with Crippen LogP contribution in [-0.2, 0) is 10.0 Å². The Morgan fingerprint density at radius 1 is 0.970 bits per heavy atom. The fourth-order valence-corrected chi connectivity index (χ4v) is 5.76. The number of nitrogens with zero attached hydrogens (tertiary/aromatic N) is 3. The lowest BCUT2D eigenvalue weighted by atomic mass is 10.1. The molecular formula is C25H31N3O4S. The molecule has 8 heteroatoms. The van der Waals surface area contributed by atoms with E-state index in [1.54, 1.807) is 11.0 Å². The lowest BCUT2D eigenvalue weighted by Gasteiger charge is -2.33. The van der Waals surface area contributed by atoms with Gasteiger partial charge < -0.3 is 9.64 Å². The molecule has 2 fully saturated rings. The predicted octanol–water partition coefficient (Wildman–Crippen LogP) is 2.95. The van der Waals surface area contributed by atoms with Crippen molar-refractivity contribution in [2.45, 2.75) is 17.7 Å². The summed E-state index contributed by atoms with van der Waals surface area (Å²) in [7, 11) is -2.20. The van der Waals surface area contributed by atoms with Gasteiger partial charge in [-0.25, -0.2) is 8.42 Å². The summed E-state index contributed by atoms with van der Waals surface area (Å²) < 4.78 is 33.5. The Bertz CT molecular complexity index is 1090. The van der Waals surface area contributed by atoms with Crippen molar-refractivity contribution in [1.82, 2.24) is 14.1 Å². The number of likely N-dealkylation sites (tertiary alicyclic amines) is 1. The van der Waals surface area contributed by atoms with Gasteiger partial charge in [-0.2, -0.15) is 4.31 Å². The monoisotopic (exact) mass is 469 g/mol. The van der Waals surface area contributed by atoms with Crippen LogP contribution in [0.3, 0.4) is 0 Å². The van der Waals surface area contributed by atoms with E-state index in [9.17, 15) is 13.2 Å². The summed E-state index contributed by atoms with van der Waals surface area (Å²) in [5.41, 5.74) is 1.46. The number of carbonyl (C=O) groups excluding carboxylic acids is 1. The molecule has 0 N–H and O–H groups in total. The number of hydrogen-bond acceptors (Lipinski definition) is 5. The van der Waals surface area contributed by atoms with Gasteiger partial charge in [0.1, 0.15) is 5.75 Å². The van der Waals surface area contributed by atoms with Crippen molar-refractivity contribution in [3.05, 3.63) is 65.7 Å². The summed E-state index contributed by atoms with van der Waals surface area (Å²) in [4.78, 5) is 17.1. The minimum atomic E-state index is -3.69. The normalized spacial score (nSPS) is 18.2. The summed E-state index contributed by atoms with van der Waals surface area (Å²) in [6.45, 7) is 4.33. The van der Waals surface area contributed by atoms with Gasteiger partial charge in [0.15, 0.2) is 0 Å². The molecule has 2 aromatic carbocycles. The van der Waals surface area contributed by atoms with E-state index in [2.05, 4.69) is 29.2 Å². The van der Waals surface area contributed by atoms with Gasteiger partial charge in [0.25, 0.3) is 5.91 Å². The van der Waals surface area contributed by atoms with Crippen LogP contribution in [0.5, 0.6) is 5.75 Å². The molecule has 0 saturated carbocycles. The highest BCUT2D eigenvalue weighted by molar-refractivity contribution is 7.89. The van der Waals surface area contributed by atoms with E-state index in [1.807, 2.05) is 18.2 Å². The fourth-order valence-electron chi connectivity index (χ4n) is 4.31. The van der Waals surface area contributed by atoms with E-state index in [-0.39, 0.29) is 10.8 Å². The SMILES string of the molecule is COc1ccc(S(=O)(=O)N2CCN(CC=Cc3ccccc3)CC2)cc1C(=O)N1CCCC1. The molecule has 0 aromatic heterocycles. The Morgan fingerprint density at radius 2 is 1.67 bits per heavy atom. The number of hydrogen-bond donors (Lipinski definition) is 0. The van der Waals surface area contributed by atoms with Crippen LogP contribution in [-0.4, -0.2) is 81.4 Å². The Morgan fingerprint density at radius 3 is 2.33 bits per heavy atom. The number of benzene rings is 2. The van der Waals surface area contributed by atoms with E-state index in [4.69, 9.17) is 4.74 Å². The van der Waals surface area contributed by atoms with Crippen LogP contribution < -0.4 is 4.74 Å². The van der Waals surface area contributed by atoms with Crippen LogP contribution >= 0.6 is 0 Å². The lowest BCUT2D eigenvalue weighted by Crippen LogP contribution is -2.48. The lowest BCUT2D eigenvalue weighted by molar-refractivity contribution is 0.0789. The summed E-state index contributed by atoms with van der Waals surface area (Å²) >= 11 is 0. The van der Waals surface area contributed by atoms with Gasteiger partial charge in [0.05, 0.1) is 17.6 Å². The van der Waals surface area contributed by atoms with Crippen molar-refractivity contribution in [1.29, 1.82) is 0 Å². The molecule has 33 heavy (non-hydrogen) atoms. The van der Waals surface area contributed by atoms with E-state index < -0.39 is 10.0 Å². The zero-order valence-electron chi connectivity index (χ0n) is 19.0. The van der Waals surface area contributed by atoms with Crippen LogP contribution in [0.2, 0.25) is 0 Å². The molecular weight excluding hydrogens is 438 g/mol. The van der Waals surface area contributed by atoms with Gasteiger partial charge in [-0.3, -0.25) is 9.69 Å².